The van der Waals surface area contributed by atoms with Gasteiger partial charge in [0.05, 0.1) is 0 Å². The van der Waals surface area contributed by atoms with Crippen molar-refractivity contribution in [1.82, 2.24) is 4.90 Å². The van der Waals surface area contributed by atoms with Gasteiger partial charge in [-0.2, -0.15) is 0 Å². The Morgan fingerprint density at radius 1 is 1.25 bits per heavy atom. The highest BCUT2D eigenvalue weighted by Crippen LogP contribution is 2.22. The second-order valence-corrected chi connectivity index (χ2v) is 6.25. The molecule has 0 saturated heterocycles. The van der Waals surface area contributed by atoms with Crippen molar-refractivity contribution in [2.24, 2.45) is 5.92 Å². The molecule has 0 heterocycles. The van der Waals surface area contributed by atoms with E-state index in [9.17, 15) is 9.90 Å². The molecule has 1 amide bonds. The molecule has 0 spiro atoms. The van der Waals surface area contributed by atoms with Gasteiger partial charge in [-0.05, 0) is 66.2 Å². The fourth-order valence-electron chi connectivity index (χ4n) is 2.29. The fraction of sp³-hybridized carbons (Fsp3) is 0.824. The molecule has 0 aliphatic carbocycles. The van der Waals surface area contributed by atoms with Gasteiger partial charge < -0.3 is 10.0 Å². The lowest BCUT2D eigenvalue weighted by molar-refractivity contribution is -0.150. The summed E-state index contributed by atoms with van der Waals surface area (Å²) in [5.41, 5.74) is 0.123. The van der Waals surface area contributed by atoms with Crippen LogP contribution in [0.3, 0.4) is 0 Å². The normalized spacial score (nSPS) is 15.3. The molecule has 0 bridgehead atoms. The van der Waals surface area contributed by atoms with Gasteiger partial charge in [0.2, 0.25) is 0 Å². The molecule has 0 rings (SSSR count). The summed E-state index contributed by atoms with van der Waals surface area (Å²) in [7, 11) is 0. The summed E-state index contributed by atoms with van der Waals surface area (Å²) in [6, 6.07) is 0. The van der Waals surface area contributed by atoms with E-state index in [0.717, 1.165) is 19.3 Å². The van der Waals surface area contributed by atoms with E-state index in [-0.39, 0.29) is 5.91 Å². The molecule has 0 fully saturated rings. The van der Waals surface area contributed by atoms with Gasteiger partial charge in [-0.3, -0.25) is 4.79 Å². The SMILES string of the molecule is CCN(CC)C(=O)C(C)(O)CCC(C)CCC=C(C)C. The zero-order chi connectivity index (χ0) is 15.8. The zero-order valence-electron chi connectivity index (χ0n) is 14.2. The number of nitrogens with zero attached hydrogens (tertiary/aromatic N) is 1. The summed E-state index contributed by atoms with van der Waals surface area (Å²) < 4.78 is 0. The Labute approximate surface area is 125 Å². The first-order chi connectivity index (χ1) is 9.24. The van der Waals surface area contributed by atoms with Crippen molar-refractivity contribution in [3.05, 3.63) is 11.6 Å². The lowest BCUT2D eigenvalue weighted by Crippen LogP contribution is -2.47. The van der Waals surface area contributed by atoms with Gasteiger partial charge in [-0.15, -0.1) is 0 Å². The maximum absolute atomic E-state index is 12.2. The molecule has 0 aromatic heterocycles. The monoisotopic (exact) mass is 283 g/mol. The van der Waals surface area contributed by atoms with Crippen LogP contribution in [0.15, 0.2) is 11.6 Å². The van der Waals surface area contributed by atoms with Crippen LogP contribution < -0.4 is 0 Å². The molecule has 0 aliphatic heterocycles. The topological polar surface area (TPSA) is 40.5 Å². The first-order valence-electron chi connectivity index (χ1n) is 7.89. The van der Waals surface area contributed by atoms with Gasteiger partial charge >= 0.3 is 0 Å². The highest BCUT2D eigenvalue weighted by Gasteiger charge is 2.33. The van der Waals surface area contributed by atoms with Crippen molar-refractivity contribution in [3.63, 3.8) is 0 Å². The molecular formula is C17H33NO2. The van der Waals surface area contributed by atoms with Gasteiger partial charge in [0.15, 0.2) is 0 Å². The maximum Gasteiger partial charge on any atom is 0.254 e. The number of hydrogen-bond donors (Lipinski definition) is 1. The molecule has 0 aliphatic rings. The van der Waals surface area contributed by atoms with Crippen molar-refractivity contribution in [2.45, 2.75) is 72.8 Å². The number of likely N-dealkylation sites (N-methyl/N-ethyl adjacent to an activating group) is 1. The average Bonchev–Trinajstić information content (AvgIpc) is 2.37. The van der Waals surface area contributed by atoms with Crippen LogP contribution in [0.4, 0.5) is 0 Å². The predicted octanol–water partition coefficient (Wildman–Crippen LogP) is 3.77. The molecule has 1 N–H and O–H groups in total. The highest BCUT2D eigenvalue weighted by atomic mass is 16.3. The number of carbonyl (C=O) groups is 1. The molecule has 0 saturated carbocycles. The number of aliphatic hydroxyl groups is 1. The van der Waals surface area contributed by atoms with Crippen molar-refractivity contribution >= 4 is 5.91 Å². The Kier molecular flexibility index (Phi) is 8.79. The molecule has 3 heteroatoms. The Morgan fingerprint density at radius 2 is 1.80 bits per heavy atom. The quantitative estimate of drug-likeness (QED) is 0.654. The zero-order valence-corrected chi connectivity index (χ0v) is 14.2. The molecule has 118 valence electrons. The second kappa shape index (κ2) is 9.17. The molecule has 3 nitrogen and oxygen atoms in total. The Balaban J connectivity index is 4.26. The standard InChI is InChI=1S/C17H33NO2/c1-7-18(8-2)16(19)17(6,20)13-12-15(5)11-9-10-14(3)4/h10,15,20H,7-9,11-13H2,1-6H3. The maximum atomic E-state index is 12.2. The van der Waals surface area contributed by atoms with Crippen molar-refractivity contribution < 1.29 is 9.90 Å². The minimum atomic E-state index is -1.23. The molecule has 2 unspecified atom stereocenters. The summed E-state index contributed by atoms with van der Waals surface area (Å²) >= 11 is 0. The van der Waals surface area contributed by atoms with Gasteiger partial charge in [0, 0.05) is 13.1 Å². The number of rotatable bonds is 9. The molecule has 20 heavy (non-hydrogen) atoms. The van der Waals surface area contributed by atoms with Crippen LogP contribution in [0.2, 0.25) is 0 Å². The third-order valence-electron chi connectivity index (χ3n) is 3.85. The smallest absolute Gasteiger partial charge is 0.254 e. The molecule has 2 atom stereocenters. The molecule has 0 aromatic rings. The van der Waals surface area contributed by atoms with Gasteiger partial charge in [-0.1, -0.05) is 18.6 Å². The van der Waals surface area contributed by atoms with E-state index < -0.39 is 5.60 Å². The van der Waals surface area contributed by atoms with Gasteiger partial charge in [0.25, 0.3) is 5.91 Å². The minimum absolute atomic E-state index is 0.140. The van der Waals surface area contributed by atoms with E-state index in [2.05, 4.69) is 26.8 Å². The van der Waals surface area contributed by atoms with Crippen LogP contribution in [0.25, 0.3) is 0 Å². The number of allylic oxidation sites excluding steroid dienone is 2. The summed E-state index contributed by atoms with van der Waals surface area (Å²) in [5.74, 6) is 0.389. The lowest BCUT2D eigenvalue weighted by Gasteiger charge is -2.30. The van der Waals surface area contributed by atoms with Crippen molar-refractivity contribution in [1.29, 1.82) is 0 Å². The van der Waals surface area contributed by atoms with Crippen LogP contribution in [-0.4, -0.2) is 34.6 Å². The number of carbonyl (C=O) groups excluding carboxylic acids is 1. The Morgan fingerprint density at radius 3 is 2.25 bits per heavy atom. The van der Waals surface area contributed by atoms with E-state index in [4.69, 9.17) is 0 Å². The third-order valence-corrected chi connectivity index (χ3v) is 3.85. The van der Waals surface area contributed by atoms with E-state index in [0.29, 0.717) is 25.4 Å². The summed E-state index contributed by atoms with van der Waals surface area (Å²) in [4.78, 5) is 13.9. The van der Waals surface area contributed by atoms with Crippen LogP contribution >= 0.6 is 0 Å². The van der Waals surface area contributed by atoms with Crippen molar-refractivity contribution in [2.75, 3.05) is 13.1 Å². The van der Waals surface area contributed by atoms with Crippen molar-refractivity contribution in [3.8, 4) is 0 Å². The molecular weight excluding hydrogens is 250 g/mol. The van der Waals surface area contributed by atoms with Crippen LogP contribution in [0.5, 0.6) is 0 Å². The number of hydrogen-bond acceptors (Lipinski definition) is 2. The van der Waals surface area contributed by atoms with E-state index in [1.807, 2.05) is 13.8 Å². The van der Waals surface area contributed by atoms with E-state index in [1.54, 1.807) is 11.8 Å². The first kappa shape index (κ1) is 19.2. The van der Waals surface area contributed by atoms with Crippen LogP contribution in [-0.2, 0) is 4.79 Å². The Hall–Kier alpha value is -0.830. The van der Waals surface area contributed by atoms with Gasteiger partial charge in [0.1, 0.15) is 5.60 Å². The average molecular weight is 283 g/mol. The number of amides is 1. The summed E-state index contributed by atoms with van der Waals surface area (Å²) in [6.45, 7) is 13.3. The lowest BCUT2D eigenvalue weighted by atomic mass is 9.91. The summed E-state index contributed by atoms with van der Waals surface area (Å²) in [5, 5.41) is 10.4. The highest BCUT2D eigenvalue weighted by molar-refractivity contribution is 5.84. The largest absolute Gasteiger partial charge is 0.380 e. The minimum Gasteiger partial charge on any atom is -0.380 e. The predicted molar refractivity (Wildman–Crippen MR) is 85.6 cm³/mol. The summed E-state index contributed by atoms with van der Waals surface area (Å²) in [6.07, 6.45) is 5.86. The van der Waals surface area contributed by atoms with Crippen LogP contribution in [0.1, 0.15) is 67.2 Å². The molecule has 0 aromatic carbocycles. The van der Waals surface area contributed by atoms with E-state index in [1.165, 1.54) is 5.57 Å². The third kappa shape index (κ3) is 7.09. The fourth-order valence-corrected chi connectivity index (χ4v) is 2.29. The van der Waals surface area contributed by atoms with Crippen LogP contribution in [0, 0.1) is 5.92 Å². The second-order valence-electron chi connectivity index (χ2n) is 6.25. The van der Waals surface area contributed by atoms with E-state index >= 15 is 0 Å². The Bertz CT molecular complexity index is 313. The molecule has 0 radical (unpaired) electrons. The van der Waals surface area contributed by atoms with Gasteiger partial charge in [-0.25, -0.2) is 0 Å². The first-order valence-corrected chi connectivity index (χ1v) is 7.89.